The Kier molecular flexibility index (Phi) is 3.34. The number of hydrogen-bond donors (Lipinski definition) is 2. The molecule has 0 bridgehead atoms. The Morgan fingerprint density at radius 1 is 1.47 bits per heavy atom. The molecule has 0 aromatic carbocycles. The highest BCUT2D eigenvalue weighted by Crippen LogP contribution is 2.39. The molecule has 0 aromatic heterocycles. The SMILES string of the molecule is CC1CCCN(C(=O)NC2CC(N)C2(C)C)C1. The Bertz CT molecular complexity index is 303. The van der Waals surface area contributed by atoms with Crippen molar-refractivity contribution in [2.45, 2.75) is 52.1 Å². The molecule has 0 aromatic rings. The summed E-state index contributed by atoms with van der Waals surface area (Å²) in [5.41, 5.74) is 6.00. The minimum absolute atomic E-state index is 0.0388. The van der Waals surface area contributed by atoms with Crippen LogP contribution in [0.2, 0.25) is 0 Å². The van der Waals surface area contributed by atoms with E-state index in [1.165, 1.54) is 6.42 Å². The third-order valence-electron chi connectivity index (χ3n) is 4.59. The van der Waals surface area contributed by atoms with Gasteiger partial charge in [0.2, 0.25) is 0 Å². The van der Waals surface area contributed by atoms with Crippen LogP contribution >= 0.6 is 0 Å². The third-order valence-corrected chi connectivity index (χ3v) is 4.59. The minimum Gasteiger partial charge on any atom is -0.335 e. The first-order chi connectivity index (χ1) is 7.91. The van der Waals surface area contributed by atoms with Crippen LogP contribution in [0.25, 0.3) is 0 Å². The number of likely N-dealkylation sites (tertiary alicyclic amines) is 1. The molecule has 98 valence electrons. The third kappa shape index (κ3) is 2.41. The van der Waals surface area contributed by atoms with Crippen LogP contribution in [0.15, 0.2) is 0 Å². The average molecular weight is 239 g/mol. The Morgan fingerprint density at radius 2 is 2.18 bits per heavy atom. The molecule has 0 radical (unpaired) electrons. The van der Waals surface area contributed by atoms with Crippen LogP contribution in [-0.2, 0) is 0 Å². The molecule has 0 spiro atoms. The van der Waals surface area contributed by atoms with Gasteiger partial charge in [-0.25, -0.2) is 4.79 Å². The first kappa shape index (κ1) is 12.7. The number of urea groups is 1. The monoisotopic (exact) mass is 239 g/mol. The van der Waals surface area contributed by atoms with Gasteiger partial charge in [0, 0.05) is 30.6 Å². The van der Waals surface area contributed by atoms with Crippen molar-refractivity contribution in [1.29, 1.82) is 0 Å². The smallest absolute Gasteiger partial charge is 0.317 e. The highest BCUT2D eigenvalue weighted by molar-refractivity contribution is 5.75. The fourth-order valence-corrected chi connectivity index (χ4v) is 2.82. The summed E-state index contributed by atoms with van der Waals surface area (Å²) >= 11 is 0. The van der Waals surface area contributed by atoms with Gasteiger partial charge < -0.3 is 16.0 Å². The van der Waals surface area contributed by atoms with Crippen molar-refractivity contribution in [3.8, 4) is 0 Å². The van der Waals surface area contributed by atoms with E-state index < -0.39 is 0 Å². The molecule has 17 heavy (non-hydrogen) atoms. The second kappa shape index (κ2) is 4.48. The van der Waals surface area contributed by atoms with E-state index in [9.17, 15) is 4.79 Å². The van der Waals surface area contributed by atoms with Crippen LogP contribution in [0.5, 0.6) is 0 Å². The van der Waals surface area contributed by atoms with Gasteiger partial charge in [-0.05, 0) is 25.2 Å². The summed E-state index contributed by atoms with van der Waals surface area (Å²) in [4.78, 5) is 14.1. The normalized spacial score (nSPS) is 36.2. The molecule has 1 aliphatic heterocycles. The van der Waals surface area contributed by atoms with Crippen molar-refractivity contribution in [3.63, 3.8) is 0 Å². The predicted octanol–water partition coefficient (Wildman–Crippen LogP) is 1.55. The van der Waals surface area contributed by atoms with Crippen molar-refractivity contribution in [2.75, 3.05) is 13.1 Å². The van der Waals surface area contributed by atoms with Gasteiger partial charge in [0.05, 0.1) is 0 Å². The quantitative estimate of drug-likeness (QED) is 0.729. The highest BCUT2D eigenvalue weighted by atomic mass is 16.2. The maximum atomic E-state index is 12.1. The summed E-state index contributed by atoms with van der Waals surface area (Å²) < 4.78 is 0. The van der Waals surface area contributed by atoms with Gasteiger partial charge in [-0.15, -0.1) is 0 Å². The predicted molar refractivity (Wildman–Crippen MR) is 68.7 cm³/mol. The lowest BCUT2D eigenvalue weighted by Crippen LogP contribution is -2.66. The summed E-state index contributed by atoms with van der Waals surface area (Å²) in [5.74, 6) is 0.631. The molecule has 1 heterocycles. The number of nitrogens with zero attached hydrogens (tertiary/aromatic N) is 1. The second-order valence-corrected chi connectivity index (χ2v) is 6.36. The number of nitrogens with two attached hydrogens (primary N) is 1. The average Bonchev–Trinajstić information content (AvgIpc) is 2.28. The molecule has 1 aliphatic carbocycles. The molecular weight excluding hydrogens is 214 g/mol. The van der Waals surface area contributed by atoms with Crippen LogP contribution in [0.3, 0.4) is 0 Å². The molecule has 2 fully saturated rings. The molecule has 1 saturated carbocycles. The van der Waals surface area contributed by atoms with Crippen molar-refractivity contribution in [3.05, 3.63) is 0 Å². The maximum Gasteiger partial charge on any atom is 0.317 e. The largest absolute Gasteiger partial charge is 0.335 e. The van der Waals surface area contributed by atoms with E-state index in [-0.39, 0.29) is 23.5 Å². The van der Waals surface area contributed by atoms with Gasteiger partial charge in [0.15, 0.2) is 0 Å². The molecule has 2 aliphatic rings. The highest BCUT2D eigenvalue weighted by Gasteiger charge is 2.47. The summed E-state index contributed by atoms with van der Waals surface area (Å²) in [5, 5.41) is 3.13. The number of nitrogens with one attached hydrogen (secondary N) is 1. The van der Waals surface area contributed by atoms with Crippen LogP contribution < -0.4 is 11.1 Å². The van der Waals surface area contributed by atoms with Crippen LogP contribution in [0, 0.1) is 11.3 Å². The summed E-state index contributed by atoms with van der Waals surface area (Å²) in [6.45, 7) is 8.26. The number of carbonyl (C=O) groups is 1. The minimum atomic E-state index is 0.0388. The molecule has 4 nitrogen and oxygen atoms in total. The van der Waals surface area contributed by atoms with Gasteiger partial charge in [0.25, 0.3) is 0 Å². The summed E-state index contributed by atoms with van der Waals surface area (Å²) in [7, 11) is 0. The van der Waals surface area contributed by atoms with E-state index in [1.807, 2.05) is 4.90 Å². The molecule has 2 amide bonds. The van der Waals surface area contributed by atoms with Gasteiger partial charge in [-0.2, -0.15) is 0 Å². The Labute approximate surface area is 104 Å². The zero-order valence-electron chi connectivity index (χ0n) is 11.2. The number of carbonyl (C=O) groups excluding carboxylic acids is 1. The van der Waals surface area contributed by atoms with Crippen LogP contribution in [0.1, 0.15) is 40.0 Å². The first-order valence-corrected chi connectivity index (χ1v) is 6.72. The fourth-order valence-electron chi connectivity index (χ4n) is 2.82. The van der Waals surface area contributed by atoms with Crippen LogP contribution in [0.4, 0.5) is 4.79 Å². The number of rotatable bonds is 1. The first-order valence-electron chi connectivity index (χ1n) is 6.72. The molecule has 2 rings (SSSR count). The van der Waals surface area contributed by atoms with Crippen LogP contribution in [-0.4, -0.2) is 36.1 Å². The van der Waals surface area contributed by atoms with Gasteiger partial charge in [0.1, 0.15) is 0 Å². The van der Waals surface area contributed by atoms with Crippen molar-refractivity contribution < 1.29 is 4.79 Å². The van der Waals surface area contributed by atoms with E-state index in [4.69, 9.17) is 5.73 Å². The lowest BCUT2D eigenvalue weighted by Gasteiger charge is -2.51. The number of piperidine rings is 1. The summed E-state index contributed by atoms with van der Waals surface area (Å²) in [6.07, 6.45) is 3.27. The molecule has 3 N–H and O–H groups in total. The van der Waals surface area contributed by atoms with E-state index >= 15 is 0 Å². The van der Waals surface area contributed by atoms with E-state index in [1.54, 1.807) is 0 Å². The summed E-state index contributed by atoms with van der Waals surface area (Å²) in [6, 6.07) is 0.553. The molecule has 4 heteroatoms. The maximum absolute atomic E-state index is 12.1. The standard InChI is InChI=1S/C13H25N3O/c1-9-5-4-6-16(8-9)12(17)15-11-7-10(14)13(11,2)3/h9-11H,4-8,14H2,1-3H3,(H,15,17). The van der Waals surface area contributed by atoms with Gasteiger partial charge >= 0.3 is 6.03 Å². The van der Waals surface area contributed by atoms with Crippen molar-refractivity contribution >= 4 is 6.03 Å². The lowest BCUT2D eigenvalue weighted by atomic mass is 9.63. The lowest BCUT2D eigenvalue weighted by molar-refractivity contribution is 0.0709. The zero-order chi connectivity index (χ0) is 12.6. The van der Waals surface area contributed by atoms with E-state index in [0.717, 1.165) is 25.9 Å². The van der Waals surface area contributed by atoms with Gasteiger partial charge in [-0.1, -0.05) is 20.8 Å². The Hall–Kier alpha value is -0.770. The molecule has 1 saturated heterocycles. The molecule has 3 atom stereocenters. The number of amides is 2. The fraction of sp³-hybridized carbons (Fsp3) is 0.923. The topological polar surface area (TPSA) is 58.4 Å². The van der Waals surface area contributed by atoms with Crippen molar-refractivity contribution in [1.82, 2.24) is 10.2 Å². The number of hydrogen-bond acceptors (Lipinski definition) is 2. The van der Waals surface area contributed by atoms with Crippen molar-refractivity contribution in [2.24, 2.45) is 17.1 Å². The molecular formula is C13H25N3O. The van der Waals surface area contributed by atoms with E-state index in [2.05, 4.69) is 26.1 Å². The second-order valence-electron chi connectivity index (χ2n) is 6.36. The molecule has 3 unspecified atom stereocenters. The Balaban J connectivity index is 1.85. The van der Waals surface area contributed by atoms with E-state index in [0.29, 0.717) is 5.92 Å². The zero-order valence-corrected chi connectivity index (χ0v) is 11.2. The van der Waals surface area contributed by atoms with Gasteiger partial charge in [-0.3, -0.25) is 0 Å². The Morgan fingerprint density at radius 3 is 2.71 bits per heavy atom.